The standard InChI is InChI=1S/C13H17N3O/c1-10-5-6-12(11(7-10)8-14)16(4)9-13(17)15(2)3/h5-7H,9H2,1-4H3. The average Bonchev–Trinajstić information content (AvgIpc) is 2.28. The maximum Gasteiger partial charge on any atom is 0.241 e. The summed E-state index contributed by atoms with van der Waals surface area (Å²) in [7, 11) is 5.25. The first-order valence-electron chi connectivity index (χ1n) is 5.37. The molecule has 4 heteroatoms. The molecule has 1 aromatic rings. The molecule has 90 valence electrons. The third-order valence-electron chi connectivity index (χ3n) is 2.55. The van der Waals surface area contributed by atoms with Gasteiger partial charge in [0.1, 0.15) is 6.07 Å². The number of likely N-dealkylation sites (N-methyl/N-ethyl adjacent to an activating group) is 2. The highest BCUT2D eigenvalue weighted by Gasteiger charge is 2.12. The largest absolute Gasteiger partial charge is 0.364 e. The van der Waals surface area contributed by atoms with Crippen molar-refractivity contribution in [3.05, 3.63) is 29.3 Å². The Morgan fingerprint density at radius 3 is 2.53 bits per heavy atom. The number of anilines is 1. The molecule has 0 atom stereocenters. The van der Waals surface area contributed by atoms with Crippen LogP contribution in [0.1, 0.15) is 11.1 Å². The summed E-state index contributed by atoms with van der Waals surface area (Å²) in [5.41, 5.74) is 2.42. The zero-order chi connectivity index (χ0) is 13.0. The van der Waals surface area contributed by atoms with Crippen LogP contribution >= 0.6 is 0 Å². The molecule has 0 radical (unpaired) electrons. The Kier molecular flexibility index (Phi) is 4.11. The van der Waals surface area contributed by atoms with E-state index < -0.39 is 0 Å². The van der Waals surface area contributed by atoms with Crippen molar-refractivity contribution in [2.24, 2.45) is 0 Å². The van der Waals surface area contributed by atoms with Crippen LogP contribution in [0, 0.1) is 18.3 Å². The van der Waals surface area contributed by atoms with Crippen molar-refractivity contribution < 1.29 is 4.79 Å². The van der Waals surface area contributed by atoms with E-state index in [2.05, 4.69) is 6.07 Å². The van der Waals surface area contributed by atoms with Crippen molar-refractivity contribution in [2.45, 2.75) is 6.92 Å². The van der Waals surface area contributed by atoms with Gasteiger partial charge in [0.2, 0.25) is 5.91 Å². The first kappa shape index (κ1) is 13.0. The van der Waals surface area contributed by atoms with Gasteiger partial charge in [0.15, 0.2) is 0 Å². The molecular weight excluding hydrogens is 214 g/mol. The van der Waals surface area contributed by atoms with Gasteiger partial charge in [-0.3, -0.25) is 4.79 Å². The minimum atomic E-state index is 0.0111. The van der Waals surface area contributed by atoms with Gasteiger partial charge in [-0.25, -0.2) is 0 Å². The van der Waals surface area contributed by atoms with Crippen LogP contribution in [-0.4, -0.2) is 38.5 Å². The highest BCUT2D eigenvalue weighted by atomic mass is 16.2. The van der Waals surface area contributed by atoms with Crippen molar-refractivity contribution in [3.8, 4) is 6.07 Å². The summed E-state index contributed by atoms with van der Waals surface area (Å²) in [5, 5.41) is 9.06. The van der Waals surface area contributed by atoms with Crippen LogP contribution in [0.25, 0.3) is 0 Å². The van der Waals surface area contributed by atoms with Gasteiger partial charge in [0.05, 0.1) is 17.8 Å². The molecule has 0 saturated heterocycles. The zero-order valence-electron chi connectivity index (χ0n) is 10.7. The molecule has 0 saturated carbocycles. The number of hydrogen-bond donors (Lipinski definition) is 0. The van der Waals surface area contributed by atoms with Gasteiger partial charge >= 0.3 is 0 Å². The Morgan fingerprint density at radius 1 is 1.35 bits per heavy atom. The first-order valence-corrected chi connectivity index (χ1v) is 5.37. The van der Waals surface area contributed by atoms with Crippen molar-refractivity contribution in [3.63, 3.8) is 0 Å². The lowest BCUT2D eigenvalue weighted by Crippen LogP contribution is -2.34. The number of hydrogen-bond acceptors (Lipinski definition) is 3. The summed E-state index contributed by atoms with van der Waals surface area (Å²) >= 11 is 0. The SMILES string of the molecule is Cc1ccc(N(C)CC(=O)N(C)C)c(C#N)c1. The molecule has 0 unspecified atom stereocenters. The van der Waals surface area contributed by atoms with E-state index in [-0.39, 0.29) is 12.5 Å². The molecule has 1 aromatic carbocycles. The molecule has 4 nitrogen and oxygen atoms in total. The molecule has 0 bridgehead atoms. The molecular formula is C13H17N3O. The quantitative estimate of drug-likeness (QED) is 0.789. The number of carbonyl (C=O) groups is 1. The highest BCUT2D eigenvalue weighted by molar-refractivity contribution is 5.81. The monoisotopic (exact) mass is 231 g/mol. The molecule has 0 aliphatic heterocycles. The summed E-state index contributed by atoms with van der Waals surface area (Å²) in [4.78, 5) is 14.9. The van der Waals surface area contributed by atoms with E-state index in [0.717, 1.165) is 11.3 Å². The van der Waals surface area contributed by atoms with Gasteiger partial charge in [0, 0.05) is 21.1 Å². The van der Waals surface area contributed by atoms with E-state index in [9.17, 15) is 4.79 Å². The van der Waals surface area contributed by atoms with Crippen molar-refractivity contribution >= 4 is 11.6 Å². The van der Waals surface area contributed by atoms with Gasteiger partial charge in [-0.1, -0.05) is 6.07 Å². The average molecular weight is 231 g/mol. The molecule has 0 aliphatic carbocycles. The Balaban J connectivity index is 2.93. The van der Waals surface area contributed by atoms with Crippen LogP contribution in [0.2, 0.25) is 0 Å². The smallest absolute Gasteiger partial charge is 0.241 e. The zero-order valence-corrected chi connectivity index (χ0v) is 10.7. The summed E-state index contributed by atoms with van der Waals surface area (Å²) in [6.45, 7) is 2.21. The van der Waals surface area contributed by atoms with E-state index in [1.807, 2.05) is 32.2 Å². The molecule has 1 rings (SSSR count). The molecule has 0 aliphatic rings. The van der Waals surface area contributed by atoms with Gasteiger partial charge < -0.3 is 9.80 Å². The van der Waals surface area contributed by atoms with Crippen LogP contribution in [-0.2, 0) is 4.79 Å². The number of benzene rings is 1. The topological polar surface area (TPSA) is 47.3 Å². The molecule has 17 heavy (non-hydrogen) atoms. The minimum Gasteiger partial charge on any atom is -0.364 e. The number of nitrogens with zero attached hydrogens (tertiary/aromatic N) is 3. The highest BCUT2D eigenvalue weighted by Crippen LogP contribution is 2.19. The Hall–Kier alpha value is -2.02. The fourth-order valence-corrected chi connectivity index (χ4v) is 1.50. The van der Waals surface area contributed by atoms with Crippen LogP contribution in [0.3, 0.4) is 0 Å². The lowest BCUT2D eigenvalue weighted by molar-refractivity contribution is -0.127. The van der Waals surface area contributed by atoms with Crippen molar-refractivity contribution in [1.82, 2.24) is 4.90 Å². The van der Waals surface area contributed by atoms with E-state index in [1.165, 1.54) is 4.90 Å². The van der Waals surface area contributed by atoms with Crippen LogP contribution in [0.4, 0.5) is 5.69 Å². The minimum absolute atomic E-state index is 0.0111. The predicted molar refractivity (Wildman–Crippen MR) is 67.9 cm³/mol. The van der Waals surface area contributed by atoms with Crippen molar-refractivity contribution in [2.75, 3.05) is 32.6 Å². The summed E-state index contributed by atoms with van der Waals surface area (Å²) < 4.78 is 0. The maximum absolute atomic E-state index is 11.6. The maximum atomic E-state index is 11.6. The second-order valence-corrected chi connectivity index (χ2v) is 4.28. The second kappa shape index (κ2) is 5.35. The van der Waals surface area contributed by atoms with Crippen LogP contribution in [0.15, 0.2) is 18.2 Å². The van der Waals surface area contributed by atoms with Crippen molar-refractivity contribution in [1.29, 1.82) is 5.26 Å². The molecule has 1 amide bonds. The number of rotatable bonds is 3. The number of amides is 1. The summed E-state index contributed by atoms with van der Waals surface area (Å²) in [6, 6.07) is 7.79. The Labute approximate surface area is 102 Å². The van der Waals surface area contributed by atoms with Crippen LogP contribution < -0.4 is 4.90 Å². The van der Waals surface area contributed by atoms with E-state index >= 15 is 0 Å². The van der Waals surface area contributed by atoms with Gasteiger partial charge in [0.25, 0.3) is 0 Å². The fourth-order valence-electron chi connectivity index (χ4n) is 1.50. The molecule has 0 spiro atoms. The first-order chi connectivity index (χ1) is 7.95. The van der Waals surface area contributed by atoms with Gasteiger partial charge in [-0.2, -0.15) is 5.26 Å². The van der Waals surface area contributed by atoms with E-state index in [4.69, 9.17) is 5.26 Å². The molecule has 0 N–H and O–H groups in total. The second-order valence-electron chi connectivity index (χ2n) is 4.28. The number of carbonyl (C=O) groups excluding carboxylic acids is 1. The number of aryl methyl sites for hydroxylation is 1. The summed E-state index contributed by atoms with van der Waals surface area (Å²) in [6.07, 6.45) is 0. The van der Waals surface area contributed by atoms with Crippen LogP contribution in [0.5, 0.6) is 0 Å². The lowest BCUT2D eigenvalue weighted by atomic mass is 10.1. The fraction of sp³-hybridized carbons (Fsp3) is 0.385. The van der Waals surface area contributed by atoms with E-state index in [0.29, 0.717) is 5.56 Å². The van der Waals surface area contributed by atoms with Gasteiger partial charge in [-0.15, -0.1) is 0 Å². The lowest BCUT2D eigenvalue weighted by Gasteiger charge is -2.22. The molecule has 0 aromatic heterocycles. The molecule has 0 fully saturated rings. The third-order valence-corrected chi connectivity index (χ3v) is 2.55. The normalized spacial score (nSPS) is 9.59. The Morgan fingerprint density at radius 2 is 2.00 bits per heavy atom. The summed E-state index contributed by atoms with van der Waals surface area (Å²) in [5.74, 6) is 0.0111. The number of nitriles is 1. The Bertz CT molecular complexity index is 460. The van der Waals surface area contributed by atoms with E-state index in [1.54, 1.807) is 19.0 Å². The third kappa shape index (κ3) is 3.22. The van der Waals surface area contributed by atoms with Gasteiger partial charge in [-0.05, 0) is 24.6 Å². The predicted octanol–water partition coefficient (Wildman–Crippen LogP) is 1.39. The molecule has 0 heterocycles.